The van der Waals surface area contributed by atoms with Crippen molar-refractivity contribution < 1.29 is 37.3 Å². The van der Waals surface area contributed by atoms with Gasteiger partial charge in [-0.15, -0.1) is 0 Å². The Labute approximate surface area is 245 Å². The average molecular weight is 588 g/mol. The zero-order valence-electron chi connectivity index (χ0n) is 25.3. The molecule has 1 fully saturated rings. The number of methoxy groups -OCH3 is 1. The maximum Gasteiger partial charge on any atom is 0.416 e. The van der Waals surface area contributed by atoms with Crippen molar-refractivity contribution in [2.45, 2.75) is 91.0 Å². The van der Waals surface area contributed by atoms with Gasteiger partial charge in [0.15, 0.2) is 0 Å². The Morgan fingerprint density at radius 1 is 1.14 bits per heavy atom. The summed E-state index contributed by atoms with van der Waals surface area (Å²) in [5, 5.41) is 9.47. The van der Waals surface area contributed by atoms with Gasteiger partial charge in [-0.1, -0.05) is 45.4 Å². The first-order chi connectivity index (χ1) is 19.4. The van der Waals surface area contributed by atoms with Crippen LogP contribution in [0, 0.1) is 12.3 Å². The molecule has 4 rings (SSSR count). The predicted octanol–water partition coefficient (Wildman–Crippen LogP) is 8.32. The van der Waals surface area contributed by atoms with Crippen LogP contribution in [0.3, 0.4) is 0 Å². The number of amides is 1. The van der Waals surface area contributed by atoms with Crippen molar-refractivity contribution in [1.29, 1.82) is 0 Å². The number of aryl methyl sites for hydroxylation is 1. The number of carboxylic acids is 1. The molecule has 2 atom stereocenters. The lowest BCUT2D eigenvalue weighted by Crippen LogP contribution is -2.35. The zero-order chi connectivity index (χ0) is 31.2. The van der Waals surface area contributed by atoms with Crippen LogP contribution in [0.4, 0.5) is 18.0 Å². The van der Waals surface area contributed by atoms with Gasteiger partial charge in [0.2, 0.25) is 0 Å². The molecule has 1 heterocycles. The summed E-state index contributed by atoms with van der Waals surface area (Å²) in [5.74, 6) is -0.227. The largest absolute Gasteiger partial charge is 0.496 e. The molecule has 1 amide bonds. The van der Waals surface area contributed by atoms with Crippen molar-refractivity contribution in [1.82, 2.24) is 4.90 Å². The number of alkyl halides is 3. The zero-order valence-corrected chi connectivity index (χ0v) is 25.3. The molecule has 9 heteroatoms. The molecule has 0 saturated carbocycles. The number of carbonyl (C=O) groups is 2. The second-order valence-electron chi connectivity index (χ2n) is 13.1. The van der Waals surface area contributed by atoms with E-state index < -0.39 is 41.4 Å². The lowest BCUT2D eigenvalue weighted by Gasteiger charge is -2.36. The van der Waals surface area contributed by atoms with E-state index >= 15 is 0 Å². The van der Waals surface area contributed by atoms with Crippen LogP contribution in [0.1, 0.15) is 94.2 Å². The van der Waals surface area contributed by atoms with Crippen LogP contribution >= 0.6 is 0 Å². The molecule has 2 aliphatic rings. The van der Waals surface area contributed by atoms with Gasteiger partial charge in [0.05, 0.1) is 25.1 Å². The van der Waals surface area contributed by atoms with E-state index in [9.17, 15) is 27.9 Å². The molecule has 2 aromatic rings. The molecule has 42 heavy (non-hydrogen) atoms. The second-order valence-corrected chi connectivity index (χ2v) is 13.1. The van der Waals surface area contributed by atoms with Crippen LogP contribution in [0.25, 0.3) is 5.57 Å². The van der Waals surface area contributed by atoms with Gasteiger partial charge in [-0.25, -0.2) is 4.79 Å². The van der Waals surface area contributed by atoms with Crippen LogP contribution in [0.15, 0.2) is 42.0 Å². The van der Waals surface area contributed by atoms with Gasteiger partial charge in [-0.05, 0) is 85.1 Å². The molecular formula is C33H40F3NO5. The summed E-state index contributed by atoms with van der Waals surface area (Å²) in [6.45, 7) is 11.8. The van der Waals surface area contributed by atoms with Crippen molar-refractivity contribution >= 4 is 17.6 Å². The van der Waals surface area contributed by atoms with E-state index in [2.05, 4.69) is 13.8 Å². The Kier molecular flexibility index (Phi) is 8.46. The number of allylic oxidation sites excluding steroid dienone is 1. The highest BCUT2D eigenvalue weighted by atomic mass is 19.4. The Bertz CT molecular complexity index is 1410. The van der Waals surface area contributed by atoms with E-state index in [1.807, 2.05) is 32.0 Å². The van der Waals surface area contributed by atoms with Crippen LogP contribution in [-0.2, 0) is 21.1 Å². The molecule has 1 aliphatic carbocycles. The molecule has 1 saturated heterocycles. The molecule has 228 valence electrons. The topological polar surface area (TPSA) is 76.1 Å². The standard InChI is InChI=1S/C33H40F3NO5/c1-19-12-21(14-24(13-19)33(34,35)36)29-20(2)37(30(40)42-29)18-22-16-31(3,4)11-10-25(22)26-15-23(8-9-27(26)41-7)32(5,6)17-28(38)39/h8-9,12-15,20,29H,10-11,16-18H2,1-7H3,(H,38,39)/t20-,29-/m0/s1. The maximum absolute atomic E-state index is 13.5. The van der Waals surface area contributed by atoms with Crippen LogP contribution in [0.2, 0.25) is 0 Å². The number of cyclic esters (lactones) is 1. The van der Waals surface area contributed by atoms with Crippen molar-refractivity contribution in [3.05, 3.63) is 69.8 Å². The average Bonchev–Trinajstić information content (AvgIpc) is 3.15. The summed E-state index contributed by atoms with van der Waals surface area (Å²) in [6.07, 6.45) is -3.61. The van der Waals surface area contributed by atoms with Gasteiger partial charge in [0.25, 0.3) is 0 Å². The van der Waals surface area contributed by atoms with Gasteiger partial charge < -0.3 is 14.6 Å². The fourth-order valence-corrected chi connectivity index (χ4v) is 6.24. The first-order valence-electron chi connectivity index (χ1n) is 14.2. The molecule has 0 radical (unpaired) electrons. The summed E-state index contributed by atoms with van der Waals surface area (Å²) in [7, 11) is 1.59. The molecule has 6 nitrogen and oxygen atoms in total. The number of benzene rings is 2. The number of nitrogens with zero attached hydrogens (tertiary/aromatic N) is 1. The lowest BCUT2D eigenvalue weighted by molar-refractivity contribution is -0.138. The smallest absolute Gasteiger partial charge is 0.416 e. The Hall–Kier alpha value is -3.49. The number of hydrogen-bond acceptors (Lipinski definition) is 4. The fourth-order valence-electron chi connectivity index (χ4n) is 6.24. The molecule has 0 aromatic heterocycles. The summed E-state index contributed by atoms with van der Waals surface area (Å²) >= 11 is 0. The van der Waals surface area contributed by atoms with Crippen LogP contribution in [-0.4, -0.2) is 41.8 Å². The number of halogens is 3. The van der Waals surface area contributed by atoms with E-state index in [0.717, 1.165) is 47.2 Å². The van der Waals surface area contributed by atoms with E-state index in [-0.39, 0.29) is 18.4 Å². The normalized spacial score (nSPS) is 21.0. The van der Waals surface area contributed by atoms with Crippen molar-refractivity contribution in [2.75, 3.05) is 13.7 Å². The predicted molar refractivity (Wildman–Crippen MR) is 154 cm³/mol. The van der Waals surface area contributed by atoms with Gasteiger partial charge in [-0.2, -0.15) is 13.2 Å². The monoisotopic (exact) mass is 587 g/mol. The number of hydrogen-bond donors (Lipinski definition) is 1. The highest BCUT2D eigenvalue weighted by molar-refractivity contribution is 5.77. The highest BCUT2D eigenvalue weighted by Gasteiger charge is 2.42. The highest BCUT2D eigenvalue weighted by Crippen LogP contribution is 2.47. The van der Waals surface area contributed by atoms with Crippen molar-refractivity contribution in [2.24, 2.45) is 5.41 Å². The fraction of sp³-hybridized carbons (Fsp3) is 0.515. The van der Waals surface area contributed by atoms with E-state index in [1.165, 1.54) is 0 Å². The molecule has 0 unspecified atom stereocenters. The Morgan fingerprint density at radius 3 is 2.45 bits per heavy atom. The Morgan fingerprint density at radius 2 is 1.83 bits per heavy atom. The van der Waals surface area contributed by atoms with Crippen LogP contribution in [0.5, 0.6) is 5.75 Å². The van der Waals surface area contributed by atoms with Gasteiger partial charge in [-0.3, -0.25) is 9.69 Å². The minimum atomic E-state index is -4.51. The SMILES string of the molecule is COc1ccc(C(C)(C)CC(=O)O)cc1C1=C(CN2C(=O)O[C@H](c3cc(C)cc(C(F)(F)F)c3)[C@@H]2C)CC(C)(C)CC1. The Balaban J connectivity index is 1.74. The number of aliphatic carboxylic acids is 1. The number of carboxylic acid groups (broad SMARTS) is 1. The molecule has 1 N–H and O–H groups in total. The lowest BCUT2D eigenvalue weighted by atomic mass is 9.72. The third kappa shape index (κ3) is 6.60. The van der Waals surface area contributed by atoms with Crippen molar-refractivity contribution in [3.63, 3.8) is 0 Å². The van der Waals surface area contributed by atoms with Crippen LogP contribution < -0.4 is 4.74 Å². The molecule has 0 bridgehead atoms. The third-order valence-corrected chi connectivity index (χ3v) is 8.58. The maximum atomic E-state index is 13.5. The number of carbonyl (C=O) groups excluding carboxylic acids is 1. The van der Waals surface area contributed by atoms with Gasteiger partial charge >= 0.3 is 18.2 Å². The minimum absolute atomic E-state index is 0.0311. The van der Waals surface area contributed by atoms with E-state index in [1.54, 1.807) is 31.9 Å². The first-order valence-corrected chi connectivity index (χ1v) is 14.2. The summed E-state index contributed by atoms with van der Waals surface area (Å²) < 4.78 is 52.0. The summed E-state index contributed by atoms with van der Waals surface area (Å²) in [6, 6.07) is 9.03. The molecule has 2 aromatic carbocycles. The number of rotatable bonds is 8. The van der Waals surface area contributed by atoms with Gasteiger partial charge in [0.1, 0.15) is 11.9 Å². The van der Waals surface area contributed by atoms with E-state index in [4.69, 9.17) is 9.47 Å². The quantitative estimate of drug-likeness (QED) is 0.336. The molecular weight excluding hydrogens is 547 g/mol. The first kappa shape index (κ1) is 31.4. The van der Waals surface area contributed by atoms with Crippen molar-refractivity contribution in [3.8, 4) is 5.75 Å². The second kappa shape index (κ2) is 11.3. The molecule has 0 spiro atoms. The third-order valence-electron chi connectivity index (χ3n) is 8.58. The number of ether oxygens (including phenoxy) is 2. The van der Waals surface area contributed by atoms with E-state index in [0.29, 0.717) is 23.3 Å². The van der Waals surface area contributed by atoms with Gasteiger partial charge in [0, 0.05) is 17.5 Å². The summed E-state index contributed by atoms with van der Waals surface area (Å²) in [4.78, 5) is 26.4. The summed E-state index contributed by atoms with van der Waals surface area (Å²) in [5.41, 5.74) is 3.14. The minimum Gasteiger partial charge on any atom is -0.496 e. The molecule has 1 aliphatic heterocycles.